The molecule has 1 aliphatic rings. The smallest absolute Gasteiger partial charge is 0.308 e. The van der Waals surface area contributed by atoms with Crippen molar-refractivity contribution in [3.63, 3.8) is 0 Å². The molecule has 5 nitrogen and oxygen atoms in total. The van der Waals surface area contributed by atoms with Crippen molar-refractivity contribution in [1.82, 2.24) is 14.7 Å². The molecule has 0 amide bonds. The molecule has 0 bridgehead atoms. The molecular weight excluding hydrogens is 230 g/mol. The zero-order valence-corrected chi connectivity index (χ0v) is 11.1. The first-order chi connectivity index (χ1) is 8.70. The van der Waals surface area contributed by atoms with Crippen molar-refractivity contribution >= 4 is 5.97 Å². The van der Waals surface area contributed by atoms with E-state index in [2.05, 4.69) is 16.1 Å². The SMILES string of the molecule is COC(=O)C1CCN(CCc2ccnn2C)CC1. The second-order valence-electron chi connectivity index (χ2n) is 4.84. The van der Waals surface area contributed by atoms with Crippen LogP contribution in [-0.4, -0.2) is 47.4 Å². The van der Waals surface area contributed by atoms with Gasteiger partial charge in [-0.25, -0.2) is 0 Å². The summed E-state index contributed by atoms with van der Waals surface area (Å²) < 4.78 is 6.71. The zero-order chi connectivity index (χ0) is 13.0. The number of ether oxygens (including phenoxy) is 1. The fourth-order valence-electron chi connectivity index (χ4n) is 2.48. The van der Waals surface area contributed by atoms with Crippen LogP contribution in [-0.2, 0) is 23.0 Å². The molecule has 0 N–H and O–H groups in total. The Balaban J connectivity index is 1.74. The van der Waals surface area contributed by atoms with Crippen LogP contribution >= 0.6 is 0 Å². The maximum Gasteiger partial charge on any atom is 0.308 e. The van der Waals surface area contributed by atoms with Crippen molar-refractivity contribution in [2.75, 3.05) is 26.7 Å². The van der Waals surface area contributed by atoms with E-state index < -0.39 is 0 Å². The van der Waals surface area contributed by atoms with E-state index in [-0.39, 0.29) is 11.9 Å². The van der Waals surface area contributed by atoms with E-state index in [9.17, 15) is 4.79 Å². The van der Waals surface area contributed by atoms with Gasteiger partial charge in [0.25, 0.3) is 0 Å². The van der Waals surface area contributed by atoms with Crippen LogP contribution in [0.4, 0.5) is 0 Å². The first-order valence-electron chi connectivity index (χ1n) is 6.47. The number of methoxy groups -OCH3 is 1. The number of piperidine rings is 1. The lowest BCUT2D eigenvalue weighted by Crippen LogP contribution is -2.37. The third kappa shape index (κ3) is 3.10. The lowest BCUT2D eigenvalue weighted by molar-refractivity contribution is -0.147. The van der Waals surface area contributed by atoms with E-state index in [0.29, 0.717) is 0 Å². The number of carbonyl (C=O) groups excluding carboxylic acids is 1. The largest absolute Gasteiger partial charge is 0.469 e. The number of hydrogen-bond acceptors (Lipinski definition) is 4. The van der Waals surface area contributed by atoms with Crippen LogP contribution in [0.5, 0.6) is 0 Å². The summed E-state index contributed by atoms with van der Waals surface area (Å²) in [6.07, 6.45) is 4.67. The van der Waals surface area contributed by atoms with Gasteiger partial charge in [0.15, 0.2) is 0 Å². The van der Waals surface area contributed by atoms with Crippen LogP contribution in [0.1, 0.15) is 18.5 Å². The molecule has 1 aromatic heterocycles. The first kappa shape index (κ1) is 13.1. The minimum atomic E-state index is -0.0544. The highest BCUT2D eigenvalue weighted by molar-refractivity contribution is 5.72. The molecule has 2 rings (SSSR count). The standard InChI is InChI=1S/C13H21N3O2/c1-15-12(3-7-14-15)6-10-16-8-4-11(5-9-16)13(17)18-2/h3,7,11H,4-6,8-10H2,1-2H3. The number of carbonyl (C=O) groups is 1. The molecule has 1 aromatic rings. The predicted molar refractivity (Wildman–Crippen MR) is 68.1 cm³/mol. The Labute approximate surface area is 108 Å². The molecule has 100 valence electrons. The normalized spacial score (nSPS) is 17.9. The number of rotatable bonds is 4. The van der Waals surface area contributed by atoms with E-state index in [1.807, 2.05) is 17.9 Å². The molecule has 18 heavy (non-hydrogen) atoms. The van der Waals surface area contributed by atoms with E-state index >= 15 is 0 Å². The van der Waals surface area contributed by atoms with Crippen LogP contribution in [0.15, 0.2) is 12.3 Å². The van der Waals surface area contributed by atoms with Crippen molar-refractivity contribution in [1.29, 1.82) is 0 Å². The number of nitrogens with zero attached hydrogens (tertiary/aromatic N) is 3. The van der Waals surface area contributed by atoms with Gasteiger partial charge in [-0.15, -0.1) is 0 Å². The van der Waals surface area contributed by atoms with Crippen molar-refractivity contribution < 1.29 is 9.53 Å². The van der Waals surface area contributed by atoms with Crippen LogP contribution < -0.4 is 0 Å². The van der Waals surface area contributed by atoms with E-state index in [1.165, 1.54) is 12.8 Å². The summed E-state index contributed by atoms with van der Waals surface area (Å²) in [5, 5.41) is 4.16. The molecular formula is C13H21N3O2. The number of aromatic nitrogens is 2. The Morgan fingerprint density at radius 2 is 2.22 bits per heavy atom. The third-order valence-electron chi connectivity index (χ3n) is 3.73. The van der Waals surface area contributed by atoms with Crippen molar-refractivity contribution in [3.05, 3.63) is 18.0 Å². The molecule has 0 atom stereocenters. The number of likely N-dealkylation sites (tertiary alicyclic amines) is 1. The van der Waals surface area contributed by atoms with Gasteiger partial charge in [0.1, 0.15) is 0 Å². The van der Waals surface area contributed by atoms with Gasteiger partial charge in [-0.1, -0.05) is 0 Å². The van der Waals surface area contributed by atoms with Crippen LogP contribution in [0.3, 0.4) is 0 Å². The molecule has 0 saturated carbocycles. The fourth-order valence-corrected chi connectivity index (χ4v) is 2.48. The average Bonchev–Trinajstić information content (AvgIpc) is 2.81. The van der Waals surface area contributed by atoms with Crippen molar-refractivity contribution in [2.24, 2.45) is 13.0 Å². The van der Waals surface area contributed by atoms with Crippen LogP contribution in [0.25, 0.3) is 0 Å². The highest BCUT2D eigenvalue weighted by atomic mass is 16.5. The summed E-state index contributed by atoms with van der Waals surface area (Å²) >= 11 is 0. The Kier molecular flexibility index (Phi) is 4.36. The van der Waals surface area contributed by atoms with Gasteiger partial charge in [-0.2, -0.15) is 5.10 Å². The van der Waals surface area contributed by atoms with Crippen LogP contribution in [0.2, 0.25) is 0 Å². The maximum atomic E-state index is 11.4. The highest BCUT2D eigenvalue weighted by Crippen LogP contribution is 2.18. The molecule has 1 fully saturated rings. The van der Waals surface area contributed by atoms with Crippen molar-refractivity contribution in [2.45, 2.75) is 19.3 Å². The van der Waals surface area contributed by atoms with Gasteiger partial charge in [0.05, 0.1) is 13.0 Å². The lowest BCUT2D eigenvalue weighted by Gasteiger charge is -2.30. The van der Waals surface area contributed by atoms with Gasteiger partial charge < -0.3 is 9.64 Å². The molecule has 1 saturated heterocycles. The molecule has 0 aromatic carbocycles. The Hall–Kier alpha value is -1.36. The summed E-state index contributed by atoms with van der Waals surface area (Å²) in [7, 11) is 3.44. The quantitative estimate of drug-likeness (QED) is 0.744. The van der Waals surface area contributed by atoms with Gasteiger partial charge >= 0.3 is 5.97 Å². The first-order valence-corrected chi connectivity index (χ1v) is 6.47. The molecule has 0 aliphatic carbocycles. The number of hydrogen-bond donors (Lipinski definition) is 0. The highest BCUT2D eigenvalue weighted by Gasteiger charge is 2.25. The van der Waals surface area contributed by atoms with Gasteiger partial charge in [0, 0.05) is 31.9 Å². The Morgan fingerprint density at radius 1 is 1.50 bits per heavy atom. The van der Waals surface area contributed by atoms with Gasteiger partial charge in [0.2, 0.25) is 0 Å². The van der Waals surface area contributed by atoms with E-state index in [0.717, 1.165) is 38.9 Å². The third-order valence-corrected chi connectivity index (χ3v) is 3.73. The molecule has 1 aliphatic heterocycles. The van der Waals surface area contributed by atoms with E-state index in [4.69, 9.17) is 4.74 Å². The maximum absolute atomic E-state index is 11.4. The topological polar surface area (TPSA) is 47.4 Å². The molecule has 0 unspecified atom stereocenters. The molecule has 2 heterocycles. The molecule has 5 heteroatoms. The minimum Gasteiger partial charge on any atom is -0.469 e. The second-order valence-corrected chi connectivity index (χ2v) is 4.84. The molecule has 0 spiro atoms. The summed E-state index contributed by atoms with van der Waals surface area (Å²) in [5.41, 5.74) is 1.25. The van der Waals surface area contributed by atoms with Crippen LogP contribution in [0, 0.1) is 5.92 Å². The summed E-state index contributed by atoms with van der Waals surface area (Å²) in [6.45, 7) is 3.00. The summed E-state index contributed by atoms with van der Waals surface area (Å²) in [5.74, 6) is 0.0456. The fraction of sp³-hybridized carbons (Fsp3) is 0.692. The number of esters is 1. The predicted octanol–water partition coefficient (Wildman–Crippen LogP) is 0.848. The monoisotopic (exact) mass is 251 g/mol. The second kappa shape index (κ2) is 6.00. The van der Waals surface area contributed by atoms with Crippen molar-refractivity contribution in [3.8, 4) is 0 Å². The minimum absolute atomic E-state index is 0.0544. The van der Waals surface area contributed by atoms with E-state index in [1.54, 1.807) is 0 Å². The van der Waals surface area contributed by atoms with Gasteiger partial charge in [-0.05, 0) is 32.0 Å². The average molecular weight is 251 g/mol. The number of aryl methyl sites for hydroxylation is 1. The Morgan fingerprint density at radius 3 is 2.78 bits per heavy atom. The van der Waals surface area contributed by atoms with Gasteiger partial charge in [-0.3, -0.25) is 9.48 Å². The summed E-state index contributed by atoms with van der Waals surface area (Å²) in [6, 6.07) is 2.06. The zero-order valence-electron chi connectivity index (χ0n) is 11.1. The lowest BCUT2D eigenvalue weighted by atomic mass is 9.97. The molecule has 0 radical (unpaired) electrons. The summed E-state index contributed by atoms with van der Waals surface area (Å²) in [4.78, 5) is 13.8. The Bertz CT molecular complexity index is 395.